The summed E-state index contributed by atoms with van der Waals surface area (Å²) in [5.41, 5.74) is 1.11. The van der Waals surface area contributed by atoms with Crippen LogP contribution in [-0.2, 0) is 6.54 Å². The second-order valence-electron chi connectivity index (χ2n) is 4.17. The van der Waals surface area contributed by atoms with E-state index in [1.807, 2.05) is 6.92 Å². The van der Waals surface area contributed by atoms with Crippen molar-refractivity contribution in [2.75, 3.05) is 0 Å². The fourth-order valence-corrected chi connectivity index (χ4v) is 2.66. The molecule has 2 rings (SSSR count). The van der Waals surface area contributed by atoms with Crippen LogP contribution in [0.3, 0.4) is 0 Å². The molecule has 1 unspecified atom stereocenters. The highest BCUT2D eigenvalue weighted by Gasteiger charge is 2.21. The molecular weight excluding hydrogens is 307 g/mol. The summed E-state index contributed by atoms with van der Waals surface area (Å²) in [6.45, 7) is 2.71. The maximum atomic E-state index is 10.5. The van der Waals surface area contributed by atoms with Crippen LogP contribution in [0.2, 0.25) is 15.1 Å². The van der Waals surface area contributed by atoms with Crippen LogP contribution in [0.1, 0.15) is 30.7 Å². The lowest BCUT2D eigenvalue weighted by molar-refractivity contribution is 0.207. The average Bonchev–Trinajstić information content (AvgIpc) is 2.70. The van der Waals surface area contributed by atoms with Gasteiger partial charge in [-0.15, -0.1) is 0 Å². The lowest BCUT2D eigenvalue weighted by atomic mass is 10.1. The lowest BCUT2D eigenvalue weighted by Crippen LogP contribution is -2.11. The first-order chi connectivity index (χ1) is 9.04. The highest BCUT2D eigenvalue weighted by atomic mass is 35.5. The summed E-state index contributed by atoms with van der Waals surface area (Å²) in [4.78, 5) is 0. The second-order valence-corrected chi connectivity index (χ2v) is 5.42. The van der Waals surface area contributed by atoms with Crippen LogP contribution >= 0.6 is 34.8 Å². The van der Waals surface area contributed by atoms with Crippen molar-refractivity contribution in [3.8, 4) is 0 Å². The van der Waals surface area contributed by atoms with Crippen LogP contribution in [0.15, 0.2) is 24.4 Å². The Balaban J connectivity index is 2.43. The molecule has 0 amide bonds. The van der Waals surface area contributed by atoms with Gasteiger partial charge in [-0.05, 0) is 18.6 Å². The van der Waals surface area contributed by atoms with Crippen LogP contribution in [0.4, 0.5) is 0 Å². The summed E-state index contributed by atoms with van der Waals surface area (Å²) in [6.07, 6.45) is 1.50. The van der Waals surface area contributed by atoms with Crippen molar-refractivity contribution in [1.82, 2.24) is 9.78 Å². The molecule has 1 aromatic carbocycles. The first-order valence-electron chi connectivity index (χ1n) is 5.88. The molecule has 0 saturated heterocycles. The smallest absolute Gasteiger partial charge is 0.124 e. The van der Waals surface area contributed by atoms with E-state index in [4.69, 9.17) is 34.8 Å². The zero-order valence-corrected chi connectivity index (χ0v) is 12.5. The van der Waals surface area contributed by atoms with Crippen LogP contribution < -0.4 is 0 Å². The summed E-state index contributed by atoms with van der Waals surface area (Å²) in [7, 11) is 0. The van der Waals surface area contributed by atoms with Crippen LogP contribution in [0.25, 0.3) is 0 Å². The first kappa shape index (κ1) is 14.7. The molecule has 1 atom stereocenters. The Hall–Kier alpha value is -0.740. The number of aromatic nitrogens is 2. The largest absolute Gasteiger partial charge is 0.382 e. The summed E-state index contributed by atoms with van der Waals surface area (Å²) >= 11 is 18.1. The van der Waals surface area contributed by atoms with Crippen molar-refractivity contribution in [1.29, 1.82) is 0 Å². The van der Waals surface area contributed by atoms with Crippen LogP contribution in [0.5, 0.6) is 0 Å². The van der Waals surface area contributed by atoms with E-state index in [1.54, 1.807) is 22.9 Å². The van der Waals surface area contributed by atoms with Crippen LogP contribution in [0, 0.1) is 0 Å². The number of nitrogens with zero attached hydrogens (tertiary/aromatic N) is 2. The molecular formula is C13H13Cl3N2O. The van der Waals surface area contributed by atoms with Crippen LogP contribution in [-0.4, -0.2) is 14.9 Å². The van der Waals surface area contributed by atoms with Crippen molar-refractivity contribution in [2.45, 2.75) is 26.0 Å². The maximum Gasteiger partial charge on any atom is 0.124 e. The molecule has 0 saturated carbocycles. The number of rotatable bonds is 4. The summed E-state index contributed by atoms with van der Waals surface area (Å²) in [6, 6.07) is 4.96. The maximum absolute atomic E-state index is 10.5. The zero-order valence-electron chi connectivity index (χ0n) is 10.3. The summed E-state index contributed by atoms with van der Waals surface area (Å²) < 4.78 is 1.69. The van der Waals surface area contributed by atoms with Gasteiger partial charge in [-0.25, -0.2) is 0 Å². The molecule has 0 aliphatic heterocycles. The fourth-order valence-electron chi connectivity index (χ4n) is 1.90. The quantitative estimate of drug-likeness (QED) is 0.910. The van der Waals surface area contributed by atoms with E-state index in [2.05, 4.69) is 5.10 Å². The molecule has 1 aromatic heterocycles. The Morgan fingerprint density at radius 1 is 1.26 bits per heavy atom. The SMILES string of the molecule is CCCn1ncc(Cl)c1C(O)c1ccc(Cl)cc1Cl. The number of halogens is 3. The molecule has 0 bridgehead atoms. The van der Waals surface area contributed by atoms with Gasteiger partial charge in [-0.1, -0.05) is 47.8 Å². The number of hydrogen-bond donors (Lipinski definition) is 1. The van der Waals surface area contributed by atoms with E-state index in [0.717, 1.165) is 6.42 Å². The average molecular weight is 320 g/mol. The highest BCUT2D eigenvalue weighted by Crippen LogP contribution is 2.33. The lowest BCUT2D eigenvalue weighted by Gasteiger charge is -2.15. The van der Waals surface area contributed by atoms with Crippen molar-refractivity contribution >= 4 is 34.8 Å². The minimum atomic E-state index is -0.925. The predicted molar refractivity (Wildman–Crippen MR) is 78.1 cm³/mol. The number of aliphatic hydroxyl groups is 1. The molecule has 3 nitrogen and oxygen atoms in total. The molecule has 0 aliphatic rings. The van der Waals surface area contributed by atoms with Gasteiger partial charge in [0.25, 0.3) is 0 Å². The molecule has 1 N–H and O–H groups in total. The Kier molecular flexibility index (Phi) is 4.74. The Morgan fingerprint density at radius 2 is 2.00 bits per heavy atom. The third kappa shape index (κ3) is 3.06. The number of benzene rings is 1. The second kappa shape index (κ2) is 6.14. The van der Waals surface area contributed by atoms with Gasteiger partial charge in [-0.3, -0.25) is 4.68 Å². The zero-order chi connectivity index (χ0) is 14.0. The fraction of sp³-hybridized carbons (Fsp3) is 0.308. The van der Waals surface area contributed by atoms with Gasteiger partial charge in [0.05, 0.1) is 16.9 Å². The normalized spacial score (nSPS) is 12.7. The minimum Gasteiger partial charge on any atom is -0.382 e. The monoisotopic (exact) mass is 318 g/mol. The van der Waals surface area contributed by atoms with Crippen molar-refractivity contribution < 1.29 is 5.11 Å². The number of hydrogen-bond acceptors (Lipinski definition) is 2. The van der Waals surface area contributed by atoms with Gasteiger partial charge in [0.2, 0.25) is 0 Å². The molecule has 0 fully saturated rings. The highest BCUT2D eigenvalue weighted by molar-refractivity contribution is 6.35. The van der Waals surface area contributed by atoms with E-state index in [-0.39, 0.29) is 0 Å². The molecule has 19 heavy (non-hydrogen) atoms. The van der Waals surface area contributed by atoms with Crippen molar-refractivity contribution in [2.24, 2.45) is 0 Å². The summed E-state index contributed by atoms with van der Waals surface area (Å²) in [5.74, 6) is 0. The Labute approximate surface area is 126 Å². The Bertz CT molecular complexity index is 583. The molecule has 0 aliphatic carbocycles. The van der Waals surface area contributed by atoms with E-state index in [0.29, 0.717) is 32.9 Å². The molecule has 0 radical (unpaired) electrons. The van der Waals surface area contributed by atoms with E-state index < -0.39 is 6.10 Å². The Morgan fingerprint density at radius 3 is 2.63 bits per heavy atom. The molecule has 6 heteroatoms. The molecule has 2 aromatic rings. The van der Waals surface area contributed by atoms with Gasteiger partial charge in [0, 0.05) is 22.2 Å². The van der Waals surface area contributed by atoms with Crippen molar-refractivity contribution in [3.05, 3.63) is 50.7 Å². The third-order valence-electron chi connectivity index (χ3n) is 2.78. The van der Waals surface area contributed by atoms with Crippen molar-refractivity contribution in [3.63, 3.8) is 0 Å². The first-order valence-corrected chi connectivity index (χ1v) is 7.02. The predicted octanol–water partition coefficient (Wildman–Crippen LogP) is 4.34. The number of aryl methyl sites for hydroxylation is 1. The standard InChI is InChI=1S/C13H13Cl3N2O/c1-2-5-18-12(11(16)7-17-18)13(19)9-4-3-8(14)6-10(9)15/h3-4,6-7,13,19H,2,5H2,1H3. The van der Waals surface area contributed by atoms with Gasteiger partial charge in [0.15, 0.2) is 0 Å². The van der Waals surface area contributed by atoms with E-state index in [1.165, 1.54) is 6.20 Å². The topological polar surface area (TPSA) is 38.0 Å². The summed E-state index contributed by atoms with van der Waals surface area (Å²) in [5, 5.41) is 16.0. The number of aliphatic hydroxyl groups excluding tert-OH is 1. The molecule has 0 spiro atoms. The van der Waals surface area contributed by atoms with Gasteiger partial charge < -0.3 is 5.11 Å². The molecule has 1 heterocycles. The van der Waals surface area contributed by atoms with Gasteiger partial charge in [0.1, 0.15) is 6.10 Å². The van der Waals surface area contributed by atoms with E-state index in [9.17, 15) is 5.11 Å². The minimum absolute atomic E-state index is 0.403. The van der Waals surface area contributed by atoms with Gasteiger partial charge in [-0.2, -0.15) is 5.10 Å². The van der Waals surface area contributed by atoms with Gasteiger partial charge >= 0.3 is 0 Å². The molecule has 102 valence electrons. The third-order valence-corrected chi connectivity index (χ3v) is 3.64. The van der Waals surface area contributed by atoms with E-state index >= 15 is 0 Å².